The van der Waals surface area contributed by atoms with Gasteiger partial charge in [-0.3, -0.25) is 0 Å². The van der Waals surface area contributed by atoms with Crippen LogP contribution in [0, 0.1) is 0 Å². The second kappa shape index (κ2) is 6.27. The van der Waals surface area contributed by atoms with Crippen molar-refractivity contribution in [2.24, 2.45) is 5.14 Å². The molecule has 0 saturated heterocycles. The molecule has 0 fully saturated rings. The van der Waals surface area contributed by atoms with Gasteiger partial charge in [0.2, 0.25) is 4.34 Å². The number of fused-ring (bicyclic) bond motifs is 1. The van der Waals surface area contributed by atoms with Gasteiger partial charge >= 0.3 is 0 Å². The first-order valence-corrected chi connectivity index (χ1v) is 9.56. The van der Waals surface area contributed by atoms with E-state index in [9.17, 15) is 8.42 Å². The van der Waals surface area contributed by atoms with E-state index in [4.69, 9.17) is 5.14 Å². The Morgan fingerprint density at radius 1 is 1.17 bits per heavy atom. The number of primary sulfonamides is 1. The first kappa shape index (κ1) is 15.9. The molecular formula is C16H17N3O2S2. The topological polar surface area (TPSA) is 76.3 Å². The van der Waals surface area contributed by atoms with Gasteiger partial charge < -0.3 is 4.90 Å². The van der Waals surface area contributed by atoms with E-state index in [1.807, 2.05) is 36.4 Å². The first-order valence-electron chi connectivity index (χ1n) is 7.19. The molecule has 2 N–H and O–H groups in total. The molecule has 0 saturated carbocycles. The predicted molar refractivity (Wildman–Crippen MR) is 94.2 cm³/mol. The van der Waals surface area contributed by atoms with Gasteiger partial charge in [-0.2, -0.15) is 0 Å². The number of benzene rings is 2. The zero-order valence-electron chi connectivity index (χ0n) is 12.6. The fourth-order valence-corrected chi connectivity index (χ4v) is 4.09. The van der Waals surface area contributed by atoms with Crippen molar-refractivity contribution in [3.05, 3.63) is 54.1 Å². The maximum Gasteiger partial charge on any atom is 0.265 e. The number of hydrogen-bond acceptors (Lipinski definition) is 5. The Morgan fingerprint density at radius 2 is 1.91 bits per heavy atom. The zero-order chi connectivity index (χ0) is 16.4. The molecule has 1 heterocycles. The number of aromatic nitrogens is 1. The Morgan fingerprint density at radius 3 is 2.57 bits per heavy atom. The summed E-state index contributed by atoms with van der Waals surface area (Å²) >= 11 is 1.10. The van der Waals surface area contributed by atoms with Crippen molar-refractivity contribution in [2.75, 3.05) is 11.4 Å². The van der Waals surface area contributed by atoms with Gasteiger partial charge in [-0.15, -0.1) is 11.3 Å². The molecule has 0 aliphatic rings. The Hall–Kier alpha value is -1.96. The number of sulfonamides is 1. The van der Waals surface area contributed by atoms with Crippen LogP contribution >= 0.6 is 11.3 Å². The van der Waals surface area contributed by atoms with Crippen molar-refractivity contribution in [2.45, 2.75) is 17.8 Å². The lowest BCUT2D eigenvalue weighted by molar-refractivity contribution is 0.597. The van der Waals surface area contributed by atoms with E-state index in [1.54, 1.807) is 0 Å². The van der Waals surface area contributed by atoms with Gasteiger partial charge in [0.15, 0.2) is 0 Å². The largest absolute Gasteiger partial charge is 0.367 e. The van der Waals surface area contributed by atoms with Gasteiger partial charge in [-0.05, 0) is 30.7 Å². The molecule has 7 heteroatoms. The van der Waals surface area contributed by atoms with Crippen LogP contribution < -0.4 is 10.0 Å². The normalized spacial score (nSPS) is 11.7. The second-order valence-corrected chi connectivity index (χ2v) is 7.94. The first-order chi connectivity index (χ1) is 11.0. The van der Waals surface area contributed by atoms with E-state index in [1.165, 1.54) is 5.56 Å². The van der Waals surface area contributed by atoms with Crippen LogP contribution in [0.4, 0.5) is 5.69 Å². The van der Waals surface area contributed by atoms with Gasteiger partial charge in [-0.25, -0.2) is 18.5 Å². The maximum atomic E-state index is 11.4. The summed E-state index contributed by atoms with van der Waals surface area (Å²) in [5.74, 6) is 0. The highest BCUT2D eigenvalue weighted by Gasteiger charge is 2.15. The molecule has 23 heavy (non-hydrogen) atoms. The highest BCUT2D eigenvalue weighted by atomic mass is 32.2. The Bertz CT molecular complexity index is 921. The van der Waals surface area contributed by atoms with Gasteiger partial charge in [0.25, 0.3) is 10.0 Å². The number of hydrogen-bond donors (Lipinski definition) is 1. The minimum atomic E-state index is -3.76. The summed E-state index contributed by atoms with van der Waals surface area (Å²) in [5, 5.41) is 5.16. The van der Waals surface area contributed by atoms with Crippen LogP contribution in [0.25, 0.3) is 10.2 Å². The molecule has 1 aromatic heterocycles. The average Bonchev–Trinajstić information content (AvgIpc) is 2.97. The van der Waals surface area contributed by atoms with Crippen LogP contribution in [0.3, 0.4) is 0 Å². The number of nitrogens with zero attached hydrogens (tertiary/aromatic N) is 2. The molecule has 0 spiro atoms. The Balaban J connectivity index is 1.94. The zero-order valence-corrected chi connectivity index (χ0v) is 14.3. The van der Waals surface area contributed by atoms with Crippen LogP contribution in [0.5, 0.6) is 0 Å². The summed E-state index contributed by atoms with van der Waals surface area (Å²) < 4.78 is 23.6. The third-order valence-corrected chi connectivity index (χ3v) is 5.90. The van der Waals surface area contributed by atoms with E-state index in [0.717, 1.165) is 34.8 Å². The van der Waals surface area contributed by atoms with E-state index in [2.05, 4.69) is 28.9 Å². The number of anilines is 1. The lowest BCUT2D eigenvalue weighted by Crippen LogP contribution is -2.21. The van der Waals surface area contributed by atoms with Crippen LogP contribution in [0.2, 0.25) is 0 Å². The van der Waals surface area contributed by atoms with E-state index >= 15 is 0 Å². The van der Waals surface area contributed by atoms with Gasteiger partial charge in [0.05, 0.1) is 10.2 Å². The Labute approximate surface area is 139 Å². The molecule has 0 bridgehead atoms. The highest BCUT2D eigenvalue weighted by Crippen LogP contribution is 2.29. The number of thiazole rings is 1. The molecular weight excluding hydrogens is 330 g/mol. The second-order valence-electron chi connectivity index (χ2n) is 5.18. The minimum absolute atomic E-state index is 0.0456. The number of rotatable bonds is 5. The van der Waals surface area contributed by atoms with Crippen molar-refractivity contribution in [3.8, 4) is 0 Å². The fraction of sp³-hybridized carbons (Fsp3) is 0.188. The molecule has 3 rings (SSSR count). The smallest absolute Gasteiger partial charge is 0.265 e. The molecule has 0 amide bonds. The quantitative estimate of drug-likeness (QED) is 0.770. The summed E-state index contributed by atoms with van der Waals surface area (Å²) in [6.45, 7) is 3.74. The van der Waals surface area contributed by atoms with E-state index in [0.29, 0.717) is 5.52 Å². The van der Waals surface area contributed by atoms with Crippen LogP contribution in [-0.4, -0.2) is 19.9 Å². The summed E-state index contributed by atoms with van der Waals surface area (Å²) in [4.78, 5) is 6.31. The van der Waals surface area contributed by atoms with E-state index < -0.39 is 10.0 Å². The number of nitrogens with two attached hydrogens (primary N) is 1. The van der Waals surface area contributed by atoms with Gasteiger partial charge in [0, 0.05) is 18.8 Å². The van der Waals surface area contributed by atoms with Crippen LogP contribution in [0.1, 0.15) is 12.5 Å². The minimum Gasteiger partial charge on any atom is -0.367 e. The third kappa shape index (κ3) is 3.52. The molecule has 0 aliphatic heterocycles. The summed E-state index contributed by atoms with van der Waals surface area (Å²) in [7, 11) is -3.76. The third-order valence-electron chi connectivity index (χ3n) is 3.56. The lowest BCUT2D eigenvalue weighted by Gasteiger charge is -2.23. The van der Waals surface area contributed by atoms with E-state index in [-0.39, 0.29) is 4.34 Å². The van der Waals surface area contributed by atoms with Crippen molar-refractivity contribution in [1.82, 2.24) is 4.98 Å². The standard InChI is InChI=1S/C16H17N3O2S2/c1-2-19(11-12-6-4-3-5-7-12)13-8-9-14-15(10-13)22-16(18-14)23(17,20)21/h3-10H,2,11H2,1H3,(H2,17,20,21). The lowest BCUT2D eigenvalue weighted by atomic mass is 10.2. The molecule has 0 aliphatic carbocycles. The SMILES string of the molecule is CCN(Cc1ccccc1)c1ccc2nc(S(N)(=O)=O)sc2c1. The van der Waals surface area contributed by atoms with Crippen molar-refractivity contribution >= 4 is 37.3 Å². The van der Waals surface area contributed by atoms with Crippen molar-refractivity contribution in [1.29, 1.82) is 0 Å². The molecule has 3 aromatic rings. The molecule has 0 unspecified atom stereocenters. The fourth-order valence-electron chi connectivity index (χ4n) is 2.40. The molecule has 2 aromatic carbocycles. The molecule has 120 valence electrons. The van der Waals surface area contributed by atoms with Crippen molar-refractivity contribution in [3.63, 3.8) is 0 Å². The summed E-state index contributed by atoms with van der Waals surface area (Å²) in [6.07, 6.45) is 0. The van der Waals surface area contributed by atoms with Gasteiger partial charge in [0.1, 0.15) is 0 Å². The Kier molecular flexibility index (Phi) is 4.34. The average molecular weight is 347 g/mol. The maximum absolute atomic E-state index is 11.4. The molecule has 0 radical (unpaired) electrons. The molecule has 5 nitrogen and oxygen atoms in total. The van der Waals surface area contributed by atoms with Crippen LogP contribution in [-0.2, 0) is 16.6 Å². The van der Waals surface area contributed by atoms with Gasteiger partial charge in [-0.1, -0.05) is 30.3 Å². The highest BCUT2D eigenvalue weighted by molar-refractivity contribution is 7.91. The summed E-state index contributed by atoms with van der Waals surface area (Å²) in [5.41, 5.74) is 2.91. The van der Waals surface area contributed by atoms with Crippen LogP contribution in [0.15, 0.2) is 52.9 Å². The van der Waals surface area contributed by atoms with Crippen molar-refractivity contribution < 1.29 is 8.42 Å². The predicted octanol–water partition coefficient (Wildman–Crippen LogP) is 2.97. The summed E-state index contributed by atoms with van der Waals surface area (Å²) in [6, 6.07) is 16.0. The molecule has 0 atom stereocenters. The monoisotopic (exact) mass is 347 g/mol.